The van der Waals surface area contributed by atoms with Crippen LogP contribution < -0.4 is 14.8 Å². The van der Waals surface area contributed by atoms with Crippen LogP contribution in [0.15, 0.2) is 72.8 Å². The Morgan fingerprint density at radius 1 is 0.731 bits per heavy atom. The summed E-state index contributed by atoms with van der Waals surface area (Å²) in [6.07, 6.45) is 0. The molecule has 3 aromatic rings. The number of para-hydroxylation sites is 1. The van der Waals surface area contributed by atoms with Crippen LogP contribution in [0.4, 0.5) is 5.69 Å². The van der Waals surface area contributed by atoms with Crippen LogP contribution in [0.5, 0.6) is 11.5 Å². The average Bonchev–Trinajstić information content (AvgIpc) is 2.66. The summed E-state index contributed by atoms with van der Waals surface area (Å²) in [7, 11) is 0. The van der Waals surface area contributed by atoms with Gasteiger partial charge in [0.2, 0.25) is 0 Å². The monoisotopic (exact) mass is 387 g/mol. The molecule has 26 heavy (non-hydrogen) atoms. The van der Waals surface area contributed by atoms with E-state index in [1.807, 2.05) is 66.7 Å². The largest absolute Gasteiger partial charge is 0.490 e. The second-order valence-corrected chi connectivity index (χ2v) is 6.48. The van der Waals surface area contributed by atoms with Crippen molar-refractivity contribution in [2.75, 3.05) is 18.5 Å². The van der Waals surface area contributed by atoms with Gasteiger partial charge in [0.05, 0.1) is 10.7 Å². The lowest BCUT2D eigenvalue weighted by Gasteiger charge is -2.10. The van der Waals surface area contributed by atoms with E-state index in [2.05, 4.69) is 5.32 Å². The number of hydrogen-bond acceptors (Lipinski definition) is 3. The van der Waals surface area contributed by atoms with Gasteiger partial charge in [-0.2, -0.15) is 0 Å². The molecule has 0 amide bonds. The summed E-state index contributed by atoms with van der Waals surface area (Å²) in [5.74, 6) is 1.66. The third-order valence-corrected chi connectivity index (χ3v) is 4.25. The van der Waals surface area contributed by atoms with Gasteiger partial charge < -0.3 is 14.8 Å². The third kappa shape index (κ3) is 5.58. The molecule has 0 unspecified atom stereocenters. The minimum absolute atomic E-state index is 0.493. The standard InChI is InChI=1S/C21H19Cl2NO2/c22-17-8-11-21(20(23)14-17)24-15-16-6-9-19(10-7-16)26-13-12-25-18-4-2-1-3-5-18/h1-11,14,24H,12-13,15H2. The van der Waals surface area contributed by atoms with Crippen LogP contribution >= 0.6 is 23.2 Å². The van der Waals surface area contributed by atoms with Crippen molar-refractivity contribution < 1.29 is 9.47 Å². The molecule has 5 heteroatoms. The SMILES string of the molecule is Clc1ccc(NCc2ccc(OCCOc3ccccc3)cc2)c(Cl)c1. The van der Waals surface area contributed by atoms with Gasteiger partial charge in [0.15, 0.2) is 0 Å². The number of nitrogens with one attached hydrogen (secondary N) is 1. The van der Waals surface area contributed by atoms with Crippen LogP contribution in [-0.4, -0.2) is 13.2 Å². The molecule has 0 fully saturated rings. The van der Waals surface area contributed by atoms with Crippen LogP contribution in [0.1, 0.15) is 5.56 Å². The molecular weight excluding hydrogens is 369 g/mol. The minimum atomic E-state index is 0.493. The first-order chi connectivity index (χ1) is 12.7. The van der Waals surface area contributed by atoms with Crippen molar-refractivity contribution in [3.05, 3.63) is 88.4 Å². The highest BCUT2D eigenvalue weighted by molar-refractivity contribution is 6.36. The van der Waals surface area contributed by atoms with Crippen LogP contribution in [-0.2, 0) is 6.54 Å². The summed E-state index contributed by atoms with van der Waals surface area (Å²) in [4.78, 5) is 0. The van der Waals surface area contributed by atoms with E-state index < -0.39 is 0 Å². The summed E-state index contributed by atoms with van der Waals surface area (Å²) in [6.45, 7) is 1.66. The summed E-state index contributed by atoms with van der Waals surface area (Å²) in [5, 5.41) is 4.53. The van der Waals surface area contributed by atoms with Gasteiger partial charge in [-0.05, 0) is 48.0 Å². The van der Waals surface area contributed by atoms with Crippen LogP contribution in [0, 0.1) is 0 Å². The Morgan fingerprint density at radius 2 is 1.38 bits per heavy atom. The molecule has 1 N–H and O–H groups in total. The summed E-state index contributed by atoms with van der Waals surface area (Å²) in [5.41, 5.74) is 1.98. The molecule has 0 aliphatic carbocycles. The van der Waals surface area contributed by atoms with Gasteiger partial charge in [0, 0.05) is 11.6 Å². The van der Waals surface area contributed by atoms with Crippen molar-refractivity contribution in [1.29, 1.82) is 0 Å². The van der Waals surface area contributed by atoms with Crippen LogP contribution in [0.25, 0.3) is 0 Å². The second kappa shape index (κ2) is 9.37. The first-order valence-electron chi connectivity index (χ1n) is 8.29. The maximum Gasteiger partial charge on any atom is 0.122 e. The zero-order valence-corrected chi connectivity index (χ0v) is 15.6. The first kappa shape index (κ1) is 18.4. The topological polar surface area (TPSA) is 30.5 Å². The fourth-order valence-corrected chi connectivity index (χ4v) is 2.84. The summed E-state index contributed by atoms with van der Waals surface area (Å²) < 4.78 is 11.3. The molecule has 0 atom stereocenters. The van der Waals surface area contributed by atoms with E-state index in [1.165, 1.54) is 0 Å². The quantitative estimate of drug-likeness (QED) is 0.476. The zero-order valence-electron chi connectivity index (χ0n) is 14.1. The Balaban J connectivity index is 1.43. The second-order valence-electron chi connectivity index (χ2n) is 5.63. The van der Waals surface area contributed by atoms with Gasteiger partial charge in [-0.15, -0.1) is 0 Å². The van der Waals surface area contributed by atoms with Gasteiger partial charge in [-0.3, -0.25) is 0 Å². The Hall–Kier alpha value is -2.36. The van der Waals surface area contributed by atoms with E-state index in [-0.39, 0.29) is 0 Å². The van der Waals surface area contributed by atoms with E-state index in [9.17, 15) is 0 Å². The normalized spacial score (nSPS) is 10.4. The van der Waals surface area contributed by atoms with Gasteiger partial charge in [-0.25, -0.2) is 0 Å². The van der Waals surface area contributed by atoms with Crippen molar-refractivity contribution in [3.8, 4) is 11.5 Å². The highest BCUT2D eigenvalue weighted by atomic mass is 35.5. The van der Waals surface area contributed by atoms with Crippen molar-refractivity contribution >= 4 is 28.9 Å². The highest BCUT2D eigenvalue weighted by Crippen LogP contribution is 2.26. The van der Waals surface area contributed by atoms with E-state index in [1.54, 1.807) is 6.07 Å². The molecule has 0 bridgehead atoms. The predicted octanol–water partition coefficient (Wildman–Crippen LogP) is 6.06. The van der Waals surface area contributed by atoms with Gasteiger partial charge in [-0.1, -0.05) is 53.5 Å². The molecule has 134 valence electrons. The van der Waals surface area contributed by atoms with Crippen molar-refractivity contribution in [2.45, 2.75) is 6.54 Å². The molecule has 0 aliphatic heterocycles. The lowest BCUT2D eigenvalue weighted by molar-refractivity contribution is 0.217. The van der Waals surface area contributed by atoms with Gasteiger partial charge in [0.25, 0.3) is 0 Å². The van der Waals surface area contributed by atoms with Crippen molar-refractivity contribution in [2.24, 2.45) is 0 Å². The fourth-order valence-electron chi connectivity index (χ4n) is 2.37. The van der Waals surface area contributed by atoms with Gasteiger partial charge >= 0.3 is 0 Å². The van der Waals surface area contributed by atoms with E-state index in [0.717, 1.165) is 22.7 Å². The smallest absolute Gasteiger partial charge is 0.122 e. The molecule has 0 radical (unpaired) electrons. The Bertz CT molecular complexity index is 823. The van der Waals surface area contributed by atoms with E-state index >= 15 is 0 Å². The number of benzene rings is 3. The molecule has 0 heterocycles. The molecule has 0 aromatic heterocycles. The number of hydrogen-bond donors (Lipinski definition) is 1. The van der Waals surface area contributed by atoms with E-state index in [0.29, 0.717) is 29.8 Å². The van der Waals surface area contributed by atoms with Crippen molar-refractivity contribution in [3.63, 3.8) is 0 Å². The third-order valence-electron chi connectivity index (χ3n) is 3.70. The summed E-state index contributed by atoms with van der Waals surface area (Å²) >= 11 is 12.1. The average molecular weight is 388 g/mol. The number of ether oxygens (including phenoxy) is 2. The Morgan fingerprint density at radius 3 is 2.04 bits per heavy atom. The highest BCUT2D eigenvalue weighted by Gasteiger charge is 2.02. The fraction of sp³-hybridized carbons (Fsp3) is 0.143. The number of anilines is 1. The maximum absolute atomic E-state index is 6.16. The van der Waals surface area contributed by atoms with Crippen molar-refractivity contribution in [1.82, 2.24) is 0 Å². The number of halogens is 2. The first-order valence-corrected chi connectivity index (χ1v) is 9.05. The Kier molecular flexibility index (Phi) is 6.64. The summed E-state index contributed by atoms with van der Waals surface area (Å²) in [6, 6.07) is 23.0. The van der Waals surface area contributed by atoms with Gasteiger partial charge in [0.1, 0.15) is 24.7 Å². The molecule has 3 nitrogen and oxygen atoms in total. The predicted molar refractivity (Wildman–Crippen MR) is 108 cm³/mol. The molecule has 0 spiro atoms. The molecule has 3 rings (SSSR count). The molecule has 0 saturated heterocycles. The lowest BCUT2D eigenvalue weighted by Crippen LogP contribution is -2.09. The van der Waals surface area contributed by atoms with Crippen LogP contribution in [0.2, 0.25) is 10.0 Å². The molecule has 0 aliphatic rings. The molecule has 3 aromatic carbocycles. The maximum atomic E-state index is 6.16. The lowest BCUT2D eigenvalue weighted by atomic mass is 10.2. The molecule has 0 saturated carbocycles. The Labute approximate surface area is 163 Å². The van der Waals surface area contributed by atoms with Crippen LogP contribution in [0.3, 0.4) is 0 Å². The zero-order chi connectivity index (χ0) is 18.2. The minimum Gasteiger partial charge on any atom is -0.490 e. The molecular formula is C21H19Cl2NO2. The van der Waals surface area contributed by atoms with E-state index in [4.69, 9.17) is 32.7 Å². The number of rotatable bonds is 8.